The van der Waals surface area contributed by atoms with Crippen LogP contribution in [-0.2, 0) is 22.4 Å². The van der Waals surface area contributed by atoms with Crippen LogP contribution in [0.3, 0.4) is 0 Å². The van der Waals surface area contributed by atoms with Crippen molar-refractivity contribution in [1.82, 2.24) is 4.98 Å². The van der Waals surface area contributed by atoms with Gasteiger partial charge >= 0.3 is 5.97 Å². The number of aliphatic hydroxyl groups excluding tert-OH is 1. The number of ether oxygens (including phenoxy) is 1. The molecule has 0 saturated heterocycles. The number of fused-ring (bicyclic) bond motifs is 2. The van der Waals surface area contributed by atoms with Crippen LogP contribution in [0.4, 0.5) is 5.69 Å². The Balaban J connectivity index is 1.72. The fourth-order valence-corrected chi connectivity index (χ4v) is 3.46. The van der Waals surface area contributed by atoms with E-state index in [4.69, 9.17) is 9.84 Å². The lowest BCUT2D eigenvalue weighted by Gasteiger charge is -2.11. The minimum Gasteiger partial charge on any atom is -0.425 e. The highest BCUT2D eigenvalue weighted by molar-refractivity contribution is 6.35. The molecular weight excluding hydrogens is 320 g/mol. The Kier molecular flexibility index (Phi) is 3.89. The number of hydrogen-bond donors (Lipinski definition) is 3. The molecule has 0 fully saturated rings. The first kappa shape index (κ1) is 15.7. The van der Waals surface area contributed by atoms with Crippen LogP contribution in [0.15, 0.2) is 24.4 Å². The molecule has 1 aromatic heterocycles. The third kappa shape index (κ3) is 2.85. The average Bonchev–Trinajstić information content (AvgIpc) is 3.17. The van der Waals surface area contributed by atoms with E-state index in [-0.39, 0.29) is 5.91 Å². The minimum atomic E-state index is -0.734. The summed E-state index contributed by atoms with van der Waals surface area (Å²) in [7, 11) is 0. The Morgan fingerprint density at radius 2 is 2.12 bits per heavy atom. The van der Waals surface area contributed by atoms with E-state index in [2.05, 4.69) is 10.3 Å². The van der Waals surface area contributed by atoms with E-state index >= 15 is 0 Å². The summed E-state index contributed by atoms with van der Waals surface area (Å²) in [5.41, 5.74) is 5.49. The quantitative estimate of drug-likeness (QED) is 0.455. The summed E-state index contributed by atoms with van der Waals surface area (Å²) in [5.74, 6) is -0.606. The second-order valence-corrected chi connectivity index (χ2v) is 6.26. The highest BCUT2D eigenvalue weighted by Gasteiger charge is 2.26. The summed E-state index contributed by atoms with van der Waals surface area (Å²) in [5, 5.41) is 11.6. The van der Waals surface area contributed by atoms with Gasteiger partial charge in [0.2, 0.25) is 0 Å². The lowest BCUT2D eigenvalue weighted by molar-refractivity contribution is -0.137. The van der Waals surface area contributed by atoms with Gasteiger partial charge in [0.15, 0.2) is 0 Å². The smallest absolute Gasteiger partial charge is 0.337 e. The van der Waals surface area contributed by atoms with Crippen molar-refractivity contribution in [2.75, 3.05) is 11.9 Å². The van der Waals surface area contributed by atoms with Gasteiger partial charge in [-0.05, 0) is 61.1 Å². The van der Waals surface area contributed by atoms with E-state index in [0.717, 1.165) is 24.8 Å². The number of aryl methyl sites for hydroxylation is 1. The maximum Gasteiger partial charge on any atom is 0.337 e. The number of hydrogen-bond acceptors (Lipinski definition) is 4. The van der Waals surface area contributed by atoms with Crippen LogP contribution in [0, 0.1) is 0 Å². The second-order valence-electron chi connectivity index (χ2n) is 6.26. The molecule has 0 unspecified atom stereocenters. The Morgan fingerprint density at radius 3 is 2.96 bits per heavy atom. The van der Waals surface area contributed by atoms with Gasteiger partial charge in [-0.15, -0.1) is 0 Å². The molecule has 1 aliphatic carbocycles. The zero-order valence-corrected chi connectivity index (χ0v) is 13.6. The van der Waals surface area contributed by atoms with Crippen LogP contribution < -0.4 is 10.1 Å². The molecule has 6 nitrogen and oxygen atoms in total. The number of amides is 1. The zero-order valence-electron chi connectivity index (χ0n) is 13.6. The summed E-state index contributed by atoms with van der Waals surface area (Å²) in [4.78, 5) is 27.0. The normalized spacial score (nSPS) is 17.2. The number of nitrogens with one attached hydrogen (secondary N) is 2. The number of rotatable bonds is 3. The molecule has 0 radical (unpaired) electrons. The first-order valence-electron chi connectivity index (χ1n) is 8.34. The predicted octanol–water partition coefficient (Wildman–Crippen LogP) is 2.28. The van der Waals surface area contributed by atoms with Gasteiger partial charge in [0.1, 0.15) is 12.4 Å². The lowest BCUT2D eigenvalue weighted by Crippen LogP contribution is -2.12. The molecule has 1 aromatic carbocycles. The topological polar surface area (TPSA) is 91.4 Å². The standard InChI is InChI=1S/C19H18N2O4/c22-10-18(23)25-12-5-6-17-14(8-12)15(19(24)21-17)7-11-9-20-16-4-2-1-3-13(11)16/h5-9,20,22H,1-4,10H2,(H,21,24). The Morgan fingerprint density at radius 1 is 1.28 bits per heavy atom. The van der Waals surface area contributed by atoms with Crippen molar-refractivity contribution in [3.05, 3.63) is 46.8 Å². The first-order chi connectivity index (χ1) is 12.2. The summed E-state index contributed by atoms with van der Waals surface area (Å²) in [6.45, 7) is -0.688. The van der Waals surface area contributed by atoms with E-state index < -0.39 is 12.6 Å². The molecule has 0 atom stereocenters. The van der Waals surface area contributed by atoms with Gasteiger partial charge in [-0.2, -0.15) is 0 Å². The fourth-order valence-electron chi connectivity index (χ4n) is 3.46. The molecule has 3 N–H and O–H groups in total. The fraction of sp³-hybridized carbons (Fsp3) is 0.263. The van der Waals surface area contributed by atoms with Crippen LogP contribution >= 0.6 is 0 Å². The summed E-state index contributed by atoms with van der Waals surface area (Å²) in [6, 6.07) is 4.93. The Hall–Kier alpha value is -2.86. The third-order valence-corrected chi connectivity index (χ3v) is 4.65. The van der Waals surface area contributed by atoms with Gasteiger partial charge in [-0.25, -0.2) is 4.79 Å². The van der Waals surface area contributed by atoms with Crippen molar-refractivity contribution in [1.29, 1.82) is 0 Å². The molecule has 6 heteroatoms. The lowest BCUT2D eigenvalue weighted by atomic mass is 9.94. The molecule has 128 valence electrons. The zero-order chi connectivity index (χ0) is 17.4. The number of benzene rings is 1. The van der Waals surface area contributed by atoms with E-state index in [1.54, 1.807) is 18.2 Å². The van der Waals surface area contributed by atoms with Gasteiger partial charge in [-0.1, -0.05) is 0 Å². The molecule has 25 heavy (non-hydrogen) atoms. The molecule has 0 bridgehead atoms. The Bertz CT molecular complexity index is 895. The Labute approximate surface area is 144 Å². The van der Waals surface area contributed by atoms with Crippen molar-refractivity contribution in [3.63, 3.8) is 0 Å². The number of carbonyl (C=O) groups excluding carboxylic acids is 2. The largest absolute Gasteiger partial charge is 0.425 e. The number of aliphatic hydroxyl groups is 1. The van der Waals surface area contributed by atoms with Gasteiger partial charge < -0.3 is 20.1 Å². The molecule has 4 rings (SSSR count). The number of esters is 1. The number of carbonyl (C=O) groups is 2. The van der Waals surface area contributed by atoms with Gasteiger partial charge in [-0.3, -0.25) is 4.79 Å². The van der Waals surface area contributed by atoms with Crippen LogP contribution in [0.2, 0.25) is 0 Å². The SMILES string of the molecule is O=C(CO)Oc1ccc2c(c1)C(=Cc1c[nH]c3c1CCCC3)C(=O)N2. The number of aromatic amines is 1. The molecule has 2 aliphatic rings. The summed E-state index contributed by atoms with van der Waals surface area (Å²) >= 11 is 0. The van der Waals surface area contributed by atoms with Crippen molar-refractivity contribution in [2.45, 2.75) is 25.7 Å². The van der Waals surface area contributed by atoms with Crippen LogP contribution in [0.5, 0.6) is 5.75 Å². The molecule has 0 saturated carbocycles. The highest BCUT2D eigenvalue weighted by atomic mass is 16.5. The van der Waals surface area contributed by atoms with Crippen molar-refractivity contribution < 1.29 is 19.4 Å². The van der Waals surface area contributed by atoms with Gasteiger partial charge in [0.05, 0.1) is 0 Å². The molecule has 1 aliphatic heterocycles. The molecule has 0 spiro atoms. The van der Waals surface area contributed by atoms with E-state index in [0.29, 0.717) is 22.6 Å². The van der Waals surface area contributed by atoms with E-state index in [1.165, 1.54) is 17.7 Å². The third-order valence-electron chi connectivity index (χ3n) is 4.65. The molecule has 2 aromatic rings. The molecule has 1 amide bonds. The first-order valence-corrected chi connectivity index (χ1v) is 8.34. The highest BCUT2D eigenvalue weighted by Crippen LogP contribution is 2.37. The number of H-pyrrole nitrogens is 1. The predicted molar refractivity (Wildman–Crippen MR) is 93.1 cm³/mol. The maximum atomic E-state index is 12.4. The van der Waals surface area contributed by atoms with E-state index in [1.807, 2.05) is 12.3 Å². The number of anilines is 1. The van der Waals surface area contributed by atoms with Gasteiger partial charge in [0, 0.05) is 28.7 Å². The number of aromatic nitrogens is 1. The minimum absolute atomic E-state index is 0.175. The summed E-state index contributed by atoms with van der Waals surface area (Å²) < 4.78 is 5.04. The van der Waals surface area contributed by atoms with E-state index in [9.17, 15) is 9.59 Å². The summed E-state index contributed by atoms with van der Waals surface area (Å²) in [6.07, 6.45) is 8.24. The molecular formula is C19H18N2O4. The average molecular weight is 338 g/mol. The monoisotopic (exact) mass is 338 g/mol. The van der Waals surface area contributed by atoms with Crippen LogP contribution in [0.25, 0.3) is 11.6 Å². The van der Waals surface area contributed by atoms with Gasteiger partial charge in [0.25, 0.3) is 5.91 Å². The van der Waals surface area contributed by atoms with Crippen molar-refractivity contribution >= 4 is 29.2 Å². The second kappa shape index (κ2) is 6.22. The van der Waals surface area contributed by atoms with Crippen LogP contribution in [0.1, 0.15) is 35.2 Å². The van der Waals surface area contributed by atoms with Crippen LogP contribution in [-0.4, -0.2) is 28.6 Å². The maximum absolute atomic E-state index is 12.4. The van der Waals surface area contributed by atoms with Crippen molar-refractivity contribution in [3.8, 4) is 5.75 Å². The molecule has 2 heterocycles. The van der Waals surface area contributed by atoms with Crippen molar-refractivity contribution in [2.24, 2.45) is 0 Å².